The van der Waals surface area contributed by atoms with Crippen molar-refractivity contribution in [3.05, 3.63) is 29.8 Å². The zero-order chi connectivity index (χ0) is 11.6. The third-order valence-corrected chi connectivity index (χ3v) is 3.07. The van der Waals surface area contributed by atoms with E-state index in [1.54, 1.807) is 12.1 Å². The SMILES string of the molecule is CC(C)C(O)c1cccc(S(N)(=O)=O)c1. The van der Waals surface area contributed by atoms with Gasteiger partial charge in [-0.3, -0.25) is 0 Å². The number of sulfonamides is 1. The zero-order valence-corrected chi connectivity index (χ0v) is 9.53. The molecule has 0 bridgehead atoms. The number of aliphatic hydroxyl groups is 1. The Hall–Kier alpha value is -0.910. The highest BCUT2D eigenvalue weighted by Gasteiger charge is 2.14. The molecule has 1 aromatic rings. The summed E-state index contributed by atoms with van der Waals surface area (Å²) in [5.41, 5.74) is 0.566. The predicted octanol–water partition coefficient (Wildman–Crippen LogP) is 1.02. The highest BCUT2D eigenvalue weighted by molar-refractivity contribution is 7.89. The summed E-state index contributed by atoms with van der Waals surface area (Å²) in [4.78, 5) is 0.0275. The smallest absolute Gasteiger partial charge is 0.238 e. The molecule has 15 heavy (non-hydrogen) atoms. The van der Waals surface area contributed by atoms with Crippen LogP contribution in [0.25, 0.3) is 0 Å². The Morgan fingerprint density at radius 2 is 1.93 bits per heavy atom. The van der Waals surface area contributed by atoms with Crippen LogP contribution in [-0.2, 0) is 10.0 Å². The molecule has 0 aliphatic rings. The summed E-state index contributed by atoms with van der Waals surface area (Å²) in [6.07, 6.45) is -0.674. The molecular weight excluding hydrogens is 214 g/mol. The third kappa shape index (κ3) is 3.02. The van der Waals surface area contributed by atoms with E-state index >= 15 is 0 Å². The molecule has 4 nitrogen and oxygen atoms in total. The van der Waals surface area contributed by atoms with Crippen LogP contribution in [0.2, 0.25) is 0 Å². The first-order valence-corrected chi connectivity index (χ1v) is 6.18. The Balaban J connectivity index is 3.14. The Labute approximate surface area is 89.8 Å². The van der Waals surface area contributed by atoms with Gasteiger partial charge in [-0.15, -0.1) is 0 Å². The molecule has 3 N–H and O–H groups in total. The van der Waals surface area contributed by atoms with Gasteiger partial charge in [0.1, 0.15) is 0 Å². The minimum atomic E-state index is -3.70. The van der Waals surface area contributed by atoms with Crippen molar-refractivity contribution < 1.29 is 13.5 Å². The Bertz CT molecular complexity index is 440. The van der Waals surface area contributed by atoms with Crippen molar-refractivity contribution in [3.63, 3.8) is 0 Å². The lowest BCUT2D eigenvalue weighted by Gasteiger charge is -2.15. The molecule has 5 heteroatoms. The Kier molecular flexibility index (Phi) is 3.49. The maximum Gasteiger partial charge on any atom is 0.238 e. The molecule has 1 unspecified atom stereocenters. The van der Waals surface area contributed by atoms with Crippen LogP contribution in [0.5, 0.6) is 0 Å². The molecular formula is C10H15NO3S. The van der Waals surface area contributed by atoms with Crippen molar-refractivity contribution in [1.29, 1.82) is 0 Å². The van der Waals surface area contributed by atoms with Crippen LogP contribution in [-0.4, -0.2) is 13.5 Å². The number of aliphatic hydroxyl groups excluding tert-OH is 1. The third-order valence-electron chi connectivity index (χ3n) is 2.16. The first-order valence-electron chi connectivity index (χ1n) is 4.63. The molecule has 84 valence electrons. The molecule has 0 saturated heterocycles. The summed E-state index contributed by atoms with van der Waals surface area (Å²) in [7, 11) is -3.70. The number of nitrogens with two attached hydrogens (primary N) is 1. The van der Waals surface area contributed by atoms with E-state index in [-0.39, 0.29) is 10.8 Å². The van der Waals surface area contributed by atoms with Gasteiger partial charge in [-0.1, -0.05) is 26.0 Å². The molecule has 0 aliphatic heterocycles. The quantitative estimate of drug-likeness (QED) is 0.812. The fraction of sp³-hybridized carbons (Fsp3) is 0.400. The van der Waals surface area contributed by atoms with E-state index in [0.717, 1.165) is 0 Å². The molecule has 0 aromatic heterocycles. The second-order valence-corrected chi connectivity index (χ2v) is 5.37. The molecule has 1 aromatic carbocycles. The number of hydrogen-bond donors (Lipinski definition) is 2. The van der Waals surface area contributed by atoms with Crippen LogP contribution in [0.15, 0.2) is 29.2 Å². The van der Waals surface area contributed by atoms with Gasteiger partial charge >= 0.3 is 0 Å². The van der Waals surface area contributed by atoms with Crippen molar-refractivity contribution in [2.45, 2.75) is 24.8 Å². The molecule has 0 amide bonds. The summed E-state index contributed by atoms with van der Waals surface area (Å²) in [6, 6.07) is 6.06. The van der Waals surface area contributed by atoms with Gasteiger partial charge in [-0.25, -0.2) is 13.6 Å². The summed E-state index contributed by atoms with van der Waals surface area (Å²) < 4.78 is 22.1. The number of rotatable bonds is 3. The molecule has 0 heterocycles. The topological polar surface area (TPSA) is 80.4 Å². The Morgan fingerprint density at radius 1 is 1.33 bits per heavy atom. The summed E-state index contributed by atoms with van der Waals surface area (Å²) in [5, 5.41) is 14.7. The molecule has 1 atom stereocenters. The van der Waals surface area contributed by atoms with E-state index in [9.17, 15) is 13.5 Å². The Morgan fingerprint density at radius 3 is 2.40 bits per heavy atom. The van der Waals surface area contributed by atoms with E-state index < -0.39 is 16.1 Å². The lowest BCUT2D eigenvalue weighted by Crippen LogP contribution is -2.13. The summed E-state index contributed by atoms with van der Waals surface area (Å²) in [6.45, 7) is 3.71. The van der Waals surface area contributed by atoms with Gasteiger partial charge in [0, 0.05) is 0 Å². The van der Waals surface area contributed by atoms with Crippen LogP contribution in [0.3, 0.4) is 0 Å². The highest BCUT2D eigenvalue weighted by atomic mass is 32.2. The fourth-order valence-corrected chi connectivity index (χ4v) is 1.83. The maximum atomic E-state index is 11.1. The van der Waals surface area contributed by atoms with E-state index in [1.807, 2.05) is 13.8 Å². The van der Waals surface area contributed by atoms with Crippen molar-refractivity contribution in [2.75, 3.05) is 0 Å². The lowest BCUT2D eigenvalue weighted by atomic mass is 9.99. The second-order valence-electron chi connectivity index (χ2n) is 3.81. The minimum absolute atomic E-state index is 0.0275. The van der Waals surface area contributed by atoms with Crippen LogP contribution in [0, 0.1) is 5.92 Å². The fourth-order valence-electron chi connectivity index (χ4n) is 1.26. The van der Waals surface area contributed by atoms with E-state index in [1.165, 1.54) is 12.1 Å². The van der Waals surface area contributed by atoms with Crippen molar-refractivity contribution in [1.82, 2.24) is 0 Å². The lowest BCUT2D eigenvalue weighted by molar-refractivity contribution is 0.126. The van der Waals surface area contributed by atoms with Gasteiger partial charge < -0.3 is 5.11 Å². The first kappa shape index (κ1) is 12.2. The van der Waals surface area contributed by atoms with Gasteiger partial charge in [0.2, 0.25) is 10.0 Å². The van der Waals surface area contributed by atoms with E-state index in [4.69, 9.17) is 5.14 Å². The van der Waals surface area contributed by atoms with E-state index in [2.05, 4.69) is 0 Å². The van der Waals surface area contributed by atoms with Crippen LogP contribution in [0.1, 0.15) is 25.5 Å². The van der Waals surface area contributed by atoms with Gasteiger partial charge in [0.25, 0.3) is 0 Å². The van der Waals surface area contributed by atoms with Crippen LogP contribution >= 0.6 is 0 Å². The van der Waals surface area contributed by atoms with E-state index in [0.29, 0.717) is 5.56 Å². The van der Waals surface area contributed by atoms with Gasteiger partial charge in [0.15, 0.2) is 0 Å². The van der Waals surface area contributed by atoms with Gasteiger partial charge in [-0.2, -0.15) is 0 Å². The zero-order valence-electron chi connectivity index (χ0n) is 8.71. The predicted molar refractivity (Wildman–Crippen MR) is 57.6 cm³/mol. The number of benzene rings is 1. The number of primary sulfonamides is 1. The molecule has 1 rings (SSSR count). The summed E-state index contributed by atoms with van der Waals surface area (Å²) in [5.74, 6) is 0.0285. The monoisotopic (exact) mass is 229 g/mol. The standard InChI is InChI=1S/C10H15NO3S/c1-7(2)10(12)8-4-3-5-9(6-8)15(11,13)14/h3-7,10,12H,1-2H3,(H2,11,13,14). The molecule has 0 radical (unpaired) electrons. The van der Waals surface area contributed by atoms with Crippen LogP contribution < -0.4 is 5.14 Å². The normalized spacial score (nSPS) is 14.2. The summed E-state index contributed by atoms with van der Waals surface area (Å²) >= 11 is 0. The largest absolute Gasteiger partial charge is 0.388 e. The molecule has 0 saturated carbocycles. The maximum absolute atomic E-state index is 11.1. The van der Waals surface area contributed by atoms with Gasteiger partial charge in [0.05, 0.1) is 11.0 Å². The average molecular weight is 229 g/mol. The average Bonchev–Trinajstić information content (AvgIpc) is 2.15. The molecule has 0 spiro atoms. The second kappa shape index (κ2) is 4.30. The van der Waals surface area contributed by atoms with Crippen molar-refractivity contribution >= 4 is 10.0 Å². The van der Waals surface area contributed by atoms with Crippen molar-refractivity contribution in [3.8, 4) is 0 Å². The van der Waals surface area contributed by atoms with Crippen molar-refractivity contribution in [2.24, 2.45) is 11.1 Å². The highest BCUT2D eigenvalue weighted by Crippen LogP contribution is 2.22. The molecule has 0 fully saturated rings. The number of hydrogen-bond acceptors (Lipinski definition) is 3. The van der Waals surface area contributed by atoms with Crippen LogP contribution in [0.4, 0.5) is 0 Å². The first-order chi connectivity index (χ1) is 6.82. The minimum Gasteiger partial charge on any atom is -0.388 e. The van der Waals surface area contributed by atoms with Gasteiger partial charge in [-0.05, 0) is 23.6 Å². The molecule has 0 aliphatic carbocycles.